The normalized spacial score (nSPS) is 14.7. The van der Waals surface area contributed by atoms with Gasteiger partial charge in [-0.3, -0.25) is 4.98 Å². The van der Waals surface area contributed by atoms with Crippen LogP contribution in [-0.4, -0.2) is 41.4 Å². The third-order valence-corrected chi connectivity index (χ3v) is 5.67. The molecule has 0 atom stereocenters. The minimum atomic E-state index is -0.202. The van der Waals surface area contributed by atoms with Gasteiger partial charge in [0.1, 0.15) is 10.8 Å². The predicted molar refractivity (Wildman–Crippen MR) is 103 cm³/mol. The molecule has 0 unspecified atom stereocenters. The molecule has 0 radical (unpaired) electrons. The quantitative estimate of drug-likeness (QED) is 0.681. The Kier molecular flexibility index (Phi) is 4.99. The Hall–Kier alpha value is -2.25. The van der Waals surface area contributed by atoms with Gasteiger partial charge < -0.3 is 9.80 Å². The van der Waals surface area contributed by atoms with E-state index in [0.717, 1.165) is 42.0 Å². The molecule has 0 saturated carbocycles. The molecule has 134 valence electrons. The molecule has 1 aromatic carbocycles. The van der Waals surface area contributed by atoms with E-state index in [4.69, 9.17) is 11.6 Å². The largest absolute Gasteiger partial charge is 0.367 e. The SMILES string of the molecule is Fc1ccccc1Cc1nnc(N2CCN(c3ccncc3Cl)CC2)s1. The van der Waals surface area contributed by atoms with Gasteiger partial charge in [-0.1, -0.05) is 41.1 Å². The Morgan fingerprint density at radius 2 is 1.81 bits per heavy atom. The Balaban J connectivity index is 1.40. The van der Waals surface area contributed by atoms with Crippen molar-refractivity contribution in [2.24, 2.45) is 0 Å². The van der Waals surface area contributed by atoms with Crippen LogP contribution in [0.2, 0.25) is 5.02 Å². The van der Waals surface area contributed by atoms with E-state index in [1.807, 2.05) is 12.1 Å². The van der Waals surface area contributed by atoms with Crippen LogP contribution in [0.1, 0.15) is 10.6 Å². The van der Waals surface area contributed by atoms with Gasteiger partial charge in [0.15, 0.2) is 0 Å². The molecule has 1 saturated heterocycles. The summed E-state index contributed by atoms with van der Waals surface area (Å²) in [5.74, 6) is -0.202. The van der Waals surface area contributed by atoms with E-state index in [1.165, 1.54) is 17.4 Å². The highest BCUT2D eigenvalue weighted by Crippen LogP contribution is 2.28. The van der Waals surface area contributed by atoms with E-state index in [0.29, 0.717) is 17.0 Å². The van der Waals surface area contributed by atoms with Crippen molar-refractivity contribution >= 4 is 33.8 Å². The standard InChI is InChI=1S/C18H17ClFN5S/c19-14-12-21-6-5-16(14)24-7-9-25(10-8-24)18-23-22-17(26-18)11-13-3-1-2-4-15(13)20/h1-6,12H,7-11H2. The Morgan fingerprint density at radius 1 is 1.04 bits per heavy atom. The lowest BCUT2D eigenvalue weighted by atomic mass is 10.1. The second-order valence-electron chi connectivity index (χ2n) is 6.05. The van der Waals surface area contributed by atoms with E-state index in [1.54, 1.807) is 24.5 Å². The average Bonchev–Trinajstić information content (AvgIpc) is 3.13. The summed E-state index contributed by atoms with van der Waals surface area (Å²) in [6.45, 7) is 3.39. The fourth-order valence-corrected chi connectivity index (χ4v) is 4.16. The van der Waals surface area contributed by atoms with Crippen LogP contribution in [0.5, 0.6) is 0 Å². The van der Waals surface area contributed by atoms with E-state index >= 15 is 0 Å². The second kappa shape index (κ2) is 7.55. The predicted octanol–water partition coefficient (Wildman–Crippen LogP) is 3.64. The summed E-state index contributed by atoms with van der Waals surface area (Å²) in [5, 5.41) is 10.9. The first-order valence-electron chi connectivity index (χ1n) is 8.36. The monoisotopic (exact) mass is 389 g/mol. The van der Waals surface area contributed by atoms with E-state index in [9.17, 15) is 4.39 Å². The number of benzene rings is 1. The second-order valence-corrected chi connectivity index (χ2v) is 7.50. The topological polar surface area (TPSA) is 45.2 Å². The molecule has 2 aromatic heterocycles. The number of hydrogen-bond donors (Lipinski definition) is 0. The highest BCUT2D eigenvalue weighted by Gasteiger charge is 2.21. The van der Waals surface area contributed by atoms with E-state index < -0.39 is 0 Å². The maximum Gasteiger partial charge on any atom is 0.208 e. The van der Waals surface area contributed by atoms with Crippen molar-refractivity contribution in [3.8, 4) is 0 Å². The first-order valence-corrected chi connectivity index (χ1v) is 9.55. The number of piperazine rings is 1. The number of halogens is 2. The van der Waals surface area contributed by atoms with Gasteiger partial charge in [-0.25, -0.2) is 4.39 Å². The molecule has 1 aliphatic heterocycles. The van der Waals surface area contributed by atoms with Crippen LogP contribution in [0.4, 0.5) is 15.2 Å². The van der Waals surface area contributed by atoms with Crippen LogP contribution >= 0.6 is 22.9 Å². The number of nitrogens with zero attached hydrogens (tertiary/aromatic N) is 5. The summed E-state index contributed by atoms with van der Waals surface area (Å²) in [6, 6.07) is 8.73. The maximum atomic E-state index is 13.8. The number of rotatable bonds is 4. The zero-order chi connectivity index (χ0) is 17.9. The lowest BCUT2D eigenvalue weighted by Gasteiger charge is -2.36. The molecule has 1 fully saturated rings. The average molecular weight is 390 g/mol. The number of anilines is 2. The fraction of sp³-hybridized carbons (Fsp3) is 0.278. The van der Waals surface area contributed by atoms with Crippen molar-refractivity contribution in [2.45, 2.75) is 6.42 Å². The van der Waals surface area contributed by atoms with Gasteiger partial charge >= 0.3 is 0 Å². The third kappa shape index (κ3) is 3.64. The zero-order valence-electron chi connectivity index (χ0n) is 14.0. The summed E-state index contributed by atoms with van der Waals surface area (Å²) >= 11 is 7.76. The molecule has 5 nitrogen and oxygen atoms in total. The molecule has 0 N–H and O–H groups in total. The van der Waals surface area contributed by atoms with Gasteiger partial charge in [-0.2, -0.15) is 0 Å². The van der Waals surface area contributed by atoms with Crippen LogP contribution in [0.3, 0.4) is 0 Å². The van der Waals surface area contributed by atoms with Crippen LogP contribution in [-0.2, 0) is 6.42 Å². The molecule has 8 heteroatoms. The lowest BCUT2D eigenvalue weighted by molar-refractivity contribution is 0.613. The maximum absolute atomic E-state index is 13.8. The van der Waals surface area contributed by atoms with Crippen molar-refractivity contribution in [1.29, 1.82) is 0 Å². The van der Waals surface area contributed by atoms with Gasteiger partial charge in [-0.15, -0.1) is 10.2 Å². The molecule has 4 rings (SSSR count). The summed E-state index contributed by atoms with van der Waals surface area (Å²) in [4.78, 5) is 8.50. The van der Waals surface area contributed by atoms with Crippen LogP contribution in [0.15, 0.2) is 42.7 Å². The van der Waals surface area contributed by atoms with Crippen molar-refractivity contribution < 1.29 is 4.39 Å². The molecule has 0 aliphatic carbocycles. The summed E-state index contributed by atoms with van der Waals surface area (Å²) in [7, 11) is 0. The van der Waals surface area contributed by atoms with Crippen LogP contribution < -0.4 is 9.80 Å². The van der Waals surface area contributed by atoms with Gasteiger partial charge in [0.2, 0.25) is 5.13 Å². The van der Waals surface area contributed by atoms with Gasteiger partial charge in [0.25, 0.3) is 0 Å². The molecule has 0 amide bonds. The summed E-state index contributed by atoms with van der Waals surface area (Å²) in [6.07, 6.45) is 3.90. The summed E-state index contributed by atoms with van der Waals surface area (Å²) < 4.78 is 13.8. The van der Waals surface area contributed by atoms with Crippen molar-refractivity contribution in [1.82, 2.24) is 15.2 Å². The molecule has 26 heavy (non-hydrogen) atoms. The zero-order valence-corrected chi connectivity index (χ0v) is 15.5. The smallest absolute Gasteiger partial charge is 0.208 e. The number of aromatic nitrogens is 3. The van der Waals surface area contributed by atoms with Gasteiger partial charge in [-0.05, 0) is 17.7 Å². The summed E-state index contributed by atoms with van der Waals surface area (Å²) in [5.41, 5.74) is 1.66. The number of pyridine rings is 1. The van der Waals surface area contributed by atoms with Crippen molar-refractivity contribution in [2.75, 3.05) is 36.0 Å². The van der Waals surface area contributed by atoms with Crippen molar-refractivity contribution in [3.63, 3.8) is 0 Å². The van der Waals surface area contributed by atoms with E-state index in [2.05, 4.69) is 25.0 Å². The number of hydrogen-bond acceptors (Lipinski definition) is 6. The van der Waals surface area contributed by atoms with Crippen LogP contribution in [0.25, 0.3) is 0 Å². The van der Waals surface area contributed by atoms with Crippen molar-refractivity contribution in [3.05, 3.63) is 64.1 Å². The Labute approximate surface area is 160 Å². The third-order valence-electron chi connectivity index (χ3n) is 4.40. The molecular formula is C18H17ClFN5S. The molecule has 0 bridgehead atoms. The first-order chi connectivity index (χ1) is 12.7. The fourth-order valence-electron chi connectivity index (χ4n) is 3.01. The minimum Gasteiger partial charge on any atom is -0.367 e. The molecule has 1 aliphatic rings. The molecule has 0 spiro atoms. The highest BCUT2D eigenvalue weighted by atomic mass is 35.5. The van der Waals surface area contributed by atoms with Gasteiger partial charge in [0, 0.05) is 45.0 Å². The van der Waals surface area contributed by atoms with E-state index in [-0.39, 0.29) is 5.82 Å². The first kappa shape index (κ1) is 17.2. The molecular weight excluding hydrogens is 373 g/mol. The van der Waals surface area contributed by atoms with Gasteiger partial charge in [0.05, 0.1) is 10.7 Å². The highest BCUT2D eigenvalue weighted by molar-refractivity contribution is 7.15. The molecule has 3 heterocycles. The lowest BCUT2D eigenvalue weighted by Crippen LogP contribution is -2.46. The molecule has 3 aromatic rings. The van der Waals surface area contributed by atoms with Crippen LogP contribution in [0, 0.1) is 5.82 Å². The minimum absolute atomic E-state index is 0.202. The Bertz CT molecular complexity index is 895. The Morgan fingerprint density at radius 3 is 2.58 bits per heavy atom.